The summed E-state index contributed by atoms with van der Waals surface area (Å²) in [4.78, 5) is 20.2. The number of carbonyl (C=O) groups excluding carboxylic acids is 1. The van der Waals surface area contributed by atoms with Crippen LogP contribution in [0, 0.1) is 5.92 Å². The second kappa shape index (κ2) is 14.8. The van der Waals surface area contributed by atoms with Gasteiger partial charge >= 0.3 is 0 Å². The van der Waals surface area contributed by atoms with Gasteiger partial charge < -0.3 is 10.2 Å². The van der Waals surface area contributed by atoms with Crippen molar-refractivity contribution in [1.29, 1.82) is 0 Å². The van der Waals surface area contributed by atoms with Crippen molar-refractivity contribution < 1.29 is 4.79 Å². The minimum atomic E-state index is 0.00382. The quantitative estimate of drug-likeness (QED) is 0.156. The third-order valence-electron chi connectivity index (χ3n) is 6.09. The van der Waals surface area contributed by atoms with Crippen LogP contribution in [0.15, 0.2) is 96.0 Å². The van der Waals surface area contributed by atoms with Gasteiger partial charge in [0.2, 0.25) is 5.91 Å². The van der Waals surface area contributed by atoms with Gasteiger partial charge in [-0.15, -0.1) is 0 Å². The molecule has 35 heavy (non-hydrogen) atoms. The van der Waals surface area contributed by atoms with Gasteiger partial charge in [-0.1, -0.05) is 101 Å². The van der Waals surface area contributed by atoms with Gasteiger partial charge in [-0.05, 0) is 42.8 Å². The molecule has 0 unspecified atom stereocenters. The number of unbranched alkanes of at least 4 members (excludes halogenated alkanes) is 5. The molecule has 3 aromatic carbocycles. The number of anilines is 2. The molecule has 1 N–H and O–H groups in total. The summed E-state index contributed by atoms with van der Waals surface area (Å²) < 4.78 is 0. The van der Waals surface area contributed by atoms with Gasteiger partial charge in [0.15, 0.2) is 0 Å². The number of hydrogen-bond donors (Lipinski definition) is 1. The summed E-state index contributed by atoms with van der Waals surface area (Å²) >= 11 is 0. The Morgan fingerprint density at radius 1 is 0.800 bits per heavy atom. The normalized spacial score (nSPS) is 12.2. The third kappa shape index (κ3) is 9.05. The molecule has 0 aliphatic carbocycles. The predicted octanol–water partition coefficient (Wildman–Crippen LogP) is 8.25. The second-order valence-corrected chi connectivity index (χ2v) is 9.08. The van der Waals surface area contributed by atoms with E-state index in [9.17, 15) is 4.79 Å². The van der Waals surface area contributed by atoms with E-state index in [1.54, 1.807) is 0 Å². The van der Waals surface area contributed by atoms with E-state index in [1.807, 2.05) is 95.9 Å². The van der Waals surface area contributed by atoms with Crippen molar-refractivity contribution in [3.63, 3.8) is 0 Å². The van der Waals surface area contributed by atoms with E-state index >= 15 is 0 Å². The highest BCUT2D eigenvalue weighted by atomic mass is 16.2. The SMILES string of the molecule is CCCCCCCCC(=O)N(C[C@H](C)C(=Nc1ccccc1)Nc1ccccc1)c1ccccc1. The van der Waals surface area contributed by atoms with Crippen LogP contribution >= 0.6 is 0 Å². The van der Waals surface area contributed by atoms with E-state index in [-0.39, 0.29) is 11.8 Å². The molecule has 4 nitrogen and oxygen atoms in total. The van der Waals surface area contributed by atoms with E-state index in [4.69, 9.17) is 4.99 Å². The lowest BCUT2D eigenvalue weighted by Gasteiger charge is -2.27. The molecule has 4 heteroatoms. The monoisotopic (exact) mass is 469 g/mol. The molecule has 3 aromatic rings. The van der Waals surface area contributed by atoms with Gasteiger partial charge in [-0.25, -0.2) is 4.99 Å². The van der Waals surface area contributed by atoms with Gasteiger partial charge in [0.05, 0.1) is 5.69 Å². The lowest BCUT2D eigenvalue weighted by molar-refractivity contribution is -0.118. The Labute approximate surface area is 211 Å². The van der Waals surface area contributed by atoms with Gasteiger partial charge in [-0.3, -0.25) is 4.79 Å². The number of aliphatic imine (C=N–C) groups is 1. The Balaban J connectivity index is 1.76. The number of amidine groups is 1. The minimum Gasteiger partial charge on any atom is -0.343 e. The van der Waals surface area contributed by atoms with Crippen LogP contribution in [0.5, 0.6) is 0 Å². The molecule has 0 radical (unpaired) electrons. The number of amides is 1. The lowest BCUT2D eigenvalue weighted by Crippen LogP contribution is -2.38. The summed E-state index contributed by atoms with van der Waals surface area (Å²) in [6.07, 6.45) is 7.60. The number of carbonyl (C=O) groups is 1. The number of nitrogens with one attached hydrogen (secondary N) is 1. The fourth-order valence-corrected chi connectivity index (χ4v) is 4.08. The van der Waals surface area contributed by atoms with E-state index in [2.05, 4.69) is 19.2 Å². The van der Waals surface area contributed by atoms with Gasteiger partial charge in [0.25, 0.3) is 0 Å². The average Bonchev–Trinajstić information content (AvgIpc) is 2.90. The minimum absolute atomic E-state index is 0.00382. The zero-order valence-corrected chi connectivity index (χ0v) is 21.2. The zero-order valence-electron chi connectivity index (χ0n) is 21.2. The summed E-state index contributed by atoms with van der Waals surface area (Å²) in [5.41, 5.74) is 2.82. The van der Waals surface area contributed by atoms with Gasteiger partial charge in [0, 0.05) is 30.3 Å². The molecule has 0 heterocycles. The smallest absolute Gasteiger partial charge is 0.226 e. The van der Waals surface area contributed by atoms with Crippen LogP contribution in [0.25, 0.3) is 0 Å². The lowest BCUT2D eigenvalue weighted by atomic mass is 10.1. The summed E-state index contributed by atoms with van der Waals surface area (Å²) in [5, 5.41) is 3.51. The van der Waals surface area contributed by atoms with E-state index in [1.165, 1.54) is 25.7 Å². The number of benzene rings is 3. The maximum absolute atomic E-state index is 13.4. The summed E-state index contributed by atoms with van der Waals surface area (Å²) in [5.74, 6) is 1.03. The topological polar surface area (TPSA) is 44.7 Å². The molecule has 0 saturated heterocycles. The van der Waals surface area contributed by atoms with E-state index in [0.29, 0.717) is 13.0 Å². The molecular weight excluding hydrogens is 430 g/mol. The van der Waals surface area contributed by atoms with Gasteiger partial charge in [0.1, 0.15) is 5.84 Å². The van der Waals surface area contributed by atoms with Gasteiger partial charge in [-0.2, -0.15) is 0 Å². The van der Waals surface area contributed by atoms with Crippen molar-refractivity contribution in [1.82, 2.24) is 0 Å². The standard InChI is InChI=1S/C31H39N3O/c1-3-4-5-6-7-17-24-30(35)34(29-22-15-10-16-23-29)25-26(2)31(32-27-18-11-8-12-19-27)33-28-20-13-9-14-21-28/h8-16,18-23,26H,3-7,17,24-25H2,1-2H3,(H,32,33)/t26-/m0/s1. The Morgan fingerprint density at radius 3 is 2.03 bits per heavy atom. The van der Waals surface area contributed by atoms with Crippen molar-refractivity contribution in [2.45, 2.75) is 58.8 Å². The van der Waals surface area contributed by atoms with Crippen LogP contribution in [0.4, 0.5) is 17.1 Å². The van der Waals surface area contributed by atoms with Crippen molar-refractivity contribution in [2.24, 2.45) is 10.9 Å². The molecule has 0 saturated carbocycles. The molecule has 3 rings (SSSR count). The first-order valence-corrected chi connectivity index (χ1v) is 13.0. The molecule has 0 bridgehead atoms. The molecule has 0 aliphatic rings. The second-order valence-electron chi connectivity index (χ2n) is 9.08. The first kappa shape index (κ1) is 26.2. The van der Waals surface area contributed by atoms with Crippen LogP contribution in [0.1, 0.15) is 58.8 Å². The van der Waals surface area contributed by atoms with Crippen molar-refractivity contribution >= 4 is 28.8 Å². The predicted molar refractivity (Wildman–Crippen MR) is 150 cm³/mol. The van der Waals surface area contributed by atoms with E-state index < -0.39 is 0 Å². The van der Waals surface area contributed by atoms with Crippen molar-refractivity contribution in [2.75, 3.05) is 16.8 Å². The van der Waals surface area contributed by atoms with Crippen LogP contribution in [-0.4, -0.2) is 18.3 Å². The average molecular weight is 470 g/mol. The fourth-order valence-electron chi connectivity index (χ4n) is 4.08. The number of hydrogen-bond acceptors (Lipinski definition) is 2. The Hall–Kier alpha value is -3.40. The van der Waals surface area contributed by atoms with Crippen LogP contribution in [-0.2, 0) is 4.79 Å². The van der Waals surface area contributed by atoms with Crippen LogP contribution < -0.4 is 10.2 Å². The number of nitrogens with zero attached hydrogens (tertiary/aromatic N) is 2. The Morgan fingerprint density at radius 2 is 1.37 bits per heavy atom. The summed E-state index contributed by atoms with van der Waals surface area (Å²) in [6, 6.07) is 30.1. The highest BCUT2D eigenvalue weighted by molar-refractivity contribution is 6.00. The molecule has 0 fully saturated rings. The molecule has 1 atom stereocenters. The molecule has 1 amide bonds. The first-order chi connectivity index (χ1) is 17.2. The van der Waals surface area contributed by atoms with Crippen molar-refractivity contribution in [3.8, 4) is 0 Å². The fraction of sp³-hybridized carbons (Fsp3) is 0.355. The van der Waals surface area contributed by atoms with E-state index in [0.717, 1.165) is 35.7 Å². The molecular formula is C31H39N3O. The highest BCUT2D eigenvalue weighted by Crippen LogP contribution is 2.21. The Kier molecular flexibility index (Phi) is 11.1. The summed E-state index contributed by atoms with van der Waals surface area (Å²) in [6.45, 7) is 4.92. The maximum atomic E-state index is 13.4. The largest absolute Gasteiger partial charge is 0.343 e. The molecule has 0 spiro atoms. The molecule has 0 aliphatic heterocycles. The zero-order chi connectivity index (χ0) is 24.7. The van der Waals surface area contributed by atoms with Crippen molar-refractivity contribution in [3.05, 3.63) is 91.0 Å². The number of para-hydroxylation sites is 3. The van der Waals surface area contributed by atoms with Crippen LogP contribution in [0.2, 0.25) is 0 Å². The first-order valence-electron chi connectivity index (χ1n) is 13.0. The maximum Gasteiger partial charge on any atom is 0.226 e. The van der Waals surface area contributed by atoms with Crippen LogP contribution in [0.3, 0.4) is 0 Å². The molecule has 0 aromatic heterocycles. The summed E-state index contributed by atoms with van der Waals surface area (Å²) in [7, 11) is 0. The number of rotatable bonds is 13. The molecule has 184 valence electrons. The Bertz CT molecular complexity index is 1020. The third-order valence-corrected chi connectivity index (χ3v) is 6.09. The highest BCUT2D eigenvalue weighted by Gasteiger charge is 2.21.